The van der Waals surface area contributed by atoms with Gasteiger partial charge in [0.05, 0.1) is 17.4 Å². The third-order valence-corrected chi connectivity index (χ3v) is 2.48. The largest absolute Gasteiger partial charge is 0.380 e. The summed E-state index contributed by atoms with van der Waals surface area (Å²) in [7, 11) is 0. The quantitative estimate of drug-likeness (QED) is 0.779. The molecule has 0 atom stereocenters. The van der Waals surface area contributed by atoms with Gasteiger partial charge in [0.1, 0.15) is 0 Å². The second-order valence-electron chi connectivity index (χ2n) is 3.69. The van der Waals surface area contributed by atoms with Crippen molar-refractivity contribution in [3.8, 4) is 0 Å². The number of hydrogen-bond acceptors (Lipinski definition) is 3. The Bertz CT molecular complexity index is 458. The van der Waals surface area contributed by atoms with Crippen molar-refractivity contribution in [3.63, 3.8) is 0 Å². The summed E-state index contributed by atoms with van der Waals surface area (Å²) >= 11 is 0. The summed E-state index contributed by atoms with van der Waals surface area (Å²) < 4.78 is 0. The molecule has 1 aromatic heterocycles. The van der Waals surface area contributed by atoms with Crippen molar-refractivity contribution in [3.05, 3.63) is 30.5 Å². The van der Waals surface area contributed by atoms with Gasteiger partial charge in [0, 0.05) is 11.4 Å². The van der Waals surface area contributed by atoms with E-state index in [-0.39, 0.29) is 0 Å². The van der Waals surface area contributed by atoms with E-state index < -0.39 is 0 Å². The first kappa shape index (κ1) is 7.74. The maximum Gasteiger partial charge on any atom is 0.0950 e. The van der Waals surface area contributed by atoms with Gasteiger partial charge in [-0.2, -0.15) is 10.2 Å². The van der Waals surface area contributed by atoms with E-state index in [1.54, 1.807) is 6.20 Å². The van der Waals surface area contributed by atoms with E-state index in [9.17, 15) is 0 Å². The topological polar surface area (TPSA) is 37.8 Å². The number of fused-ring (bicyclic) bond motifs is 1. The molecule has 1 fully saturated rings. The standard InChI is InChI=1S/C11H11N3/c1-2-4-10-9(3-1)11(7-12-14-10)13-8-5-6-8/h1-4,7-8H,5-6H2,(H,13,14). The molecule has 1 heterocycles. The number of rotatable bonds is 2. The normalized spacial score (nSPS) is 15.7. The van der Waals surface area contributed by atoms with Crippen molar-refractivity contribution >= 4 is 16.6 Å². The summed E-state index contributed by atoms with van der Waals surface area (Å²) in [6.07, 6.45) is 4.36. The Morgan fingerprint density at radius 3 is 2.93 bits per heavy atom. The average molecular weight is 185 g/mol. The third kappa shape index (κ3) is 1.31. The Morgan fingerprint density at radius 1 is 1.21 bits per heavy atom. The number of nitrogens with zero attached hydrogens (tertiary/aromatic N) is 2. The minimum absolute atomic E-state index is 0.655. The lowest BCUT2D eigenvalue weighted by Gasteiger charge is -2.06. The van der Waals surface area contributed by atoms with Crippen LogP contribution in [0.3, 0.4) is 0 Å². The Kier molecular flexibility index (Phi) is 1.63. The predicted octanol–water partition coefficient (Wildman–Crippen LogP) is 2.20. The first-order valence-corrected chi connectivity index (χ1v) is 4.90. The zero-order valence-corrected chi connectivity index (χ0v) is 7.77. The van der Waals surface area contributed by atoms with Crippen LogP contribution in [-0.4, -0.2) is 16.2 Å². The van der Waals surface area contributed by atoms with Gasteiger partial charge in [-0.05, 0) is 18.9 Å². The van der Waals surface area contributed by atoms with Gasteiger partial charge < -0.3 is 5.32 Å². The molecular weight excluding hydrogens is 174 g/mol. The first-order chi connectivity index (χ1) is 6.93. The zero-order chi connectivity index (χ0) is 9.38. The van der Waals surface area contributed by atoms with E-state index in [2.05, 4.69) is 21.6 Å². The van der Waals surface area contributed by atoms with Crippen LogP contribution in [0.1, 0.15) is 12.8 Å². The van der Waals surface area contributed by atoms with Crippen LogP contribution in [-0.2, 0) is 0 Å². The molecule has 0 spiro atoms. The minimum atomic E-state index is 0.655. The fourth-order valence-corrected chi connectivity index (χ4v) is 1.57. The van der Waals surface area contributed by atoms with Crippen molar-refractivity contribution in [2.24, 2.45) is 0 Å². The van der Waals surface area contributed by atoms with E-state index >= 15 is 0 Å². The van der Waals surface area contributed by atoms with Crippen molar-refractivity contribution < 1.29 is 0 Å². The average Bonchev–Trinajstić information content (AvgIpc) is 3.03. The fourth-order valence-electron chi connectivity index (χ4n) is 1.57. The van der Waals surface area contributed by atoms with Gasteiger partial charge in [-0.1, -0.05) is 18.2 Å². The van der Waals surface area contributed by atoms with Gasteiger partial charge in [0.2, 0.25) is 0 Å². The van der Waals surface area contributed by atoms with Gasteiger partial charge >= 0.3 is 0 Å². The molecule has 2 aromatic rings. The molecule has 14 heavy (non-hydrogen) atoms. The summed E-state index contributed by atoms with van der Waals surface area (Å²) in [4.78, 5) is 0. The van der Waals surface area contributed by atoms with Gasteiger partial charge in [0.15, 0.2) is 0 Å². The summed E-state index contributed by atoms with van der Waals surface area (Å²) in [6, 6.07) is 8.73. The van der Waals surface area contributed by atoms with Crippen molar-refractivity contribution in [1.82, 2.24) is 10.2 Å². The number of aromatic nitrogens is 2. The highest BCUT2D eigenvalue weighted by molar-refractivity contribution is 5.90. The molecule has 0 unspecified atom stereocenters. The van der Waals surface area contributed by atoms with Crippen LogP contribution in [0, 0.1) is 0 Å². The molecule has 0 bridgehead atoms. The number of anilines is 1. The molecule has 0 radical (unpaired) electrons. The lowest BCUT2D eigenvalue weighted by Crippen LogP contribution is -2.02. The molecule has 1 aliphatic rings. The molecule has 1 aromatic carbocycles. The Morgan fingerprint density at radius 2 is 2.07 bits per heavy atom. The van der Waals surface area contributed by atoms with Crippen molar-refractivity contribution in [1.29, 1.82) is 0 Å². The third-order valence-electron chi connectivity index (χ3n) is 2.48. The van der Waals surface area contributed by atoms with Crippen LogP contribution < -0.4 is 5.32 Å². The van der Waals surface area contributed by atoms with Crippen LogP contribution in [0.25, 0.3) is 10.9 Å². The molecule has 3 heteroatoms. The Balaban J connectivity index is 2.11. The Labute approximate surface area is 82.2 Å². The van der Waals surface area contributed by atoms with Crippen molar-refractivity contribution in [2.75, 3.05) is 5.32 Å². The maximum absolute atomic E-state index is 4.08. The summed E-state index contributed by atoms with van der Waals surface area (Å²) in [5.41, 5.74) is 2.07. The lowest BCUT2D eigenvalue weighted by atomic mass is 10.2. The summed E-state index contributed by atoms with van der Waals surface area (Å²) in [6.45, 7) is 0. The molecule has 70 valence electrons. The van der Waals surface area contributed by atoms with Gasteiger partial charge in [0.25, 0.3) is 0 Å². The van der Waals surface area contributed by atoms with Gasteiger partial charge in [-0.3, -0.25) is 0 Å². The molecule has 3 rings (SSSR count). The van der Waals surface area contributed by atoms with E-state index in [0.717, 1.165) is 16.6 Å². The first-order valence-electron chi connectivity index (χ1n) is 4.90. The second kappa shape index (κ2) is 2.94. The fraction of sp³-hybridized carbons (Fsp3) is 0.273. The monoisotopic (exact) mass is 185 g/mol. The highest BCUT2D eigenvalue weighted by Gasteiger charge is 2.21. The summed E-state index contributed by atoms with van der Waals surface area (Å²) in [5, 5.41) is 12.7. The second-order valence-corrected chi connectivity index (χ2v) is 3.69. The zero-order valence-electron chi connectivity index (χ0n) is 7.77. The number of nitrogens with one attached hydrogen (secondary N) is 1. The number of hydrogen-bond donors (Lipinski definition) is 1. The van der Waals surface area contributed by atoms with Crippen molar-refractivity contribution in [2.45, 2.75) is 18.9 Å². The van der Waals surface area contributed by atoms with Crippen LogP contribution in [0.15, 0.2) is 30.5 Å². The maximum atomic E-state index is 4.08. The van der Waals surface area contributed by atoms with Gasteiger partial charge in [-0.15, -0.1) is 0 Å². The molecule has 0 amide bonds. The molecule has 1 saturated carbocycles. The molecule has 0 saturated heterocycles. The molecule has 3 nitrogen and oxygen atoms in total. The SMILES string of the molecule is c1ccc2c(NC3CC3)cnnc2c1. The highest BCUT2D eigenvalue weighted by Crippen LogP contribution is 2.27. The Hall–Kier alpha value is -1.64. The predicted molar refractivity (Wildman–Crippen MR) is 56.2 cm³/mol. The summed E-state index contributed by atoms with van der Waals surface area (Å²) in [5.74, 6) is 0. The van der Waals surface area contributed by atoms with E-state index in [1.807, 2.05) is 18.2 Å². The number of benzene rings is 1. The smallest absolute Gasteiger partial charge is 0.0950 e. The molecule has 1 N–H and O–H groups in total. The lowest BCUT2D eigenvalue weighted by molar-refractivity contribution is 1.06. The molecule has 0 aliphatic heterocycles. The molecular formula is C11H11N3. The van der Waals surface area contributed by atoms with E-state index in [4.69, 9.17) is 0 Å². The van der Waals surface area contributed by atoms with Crippen LogP contribution >= 0.6 is 0 Å². The van der Waals surface area contributed by atoms with E-state index in [0.29, 0.717) is 6.04 Å². The van der Waals surface area contributed by atoms with Crippen LogP contribution in [0.5, 0.6) is 0 Å². The van der Waals surface area contributed by atoms with Crippen LogP contribution in [0.4, 0.5) is 5.69 Å². The minimum Gasteiger partial charge on any atom is -0.380 e. The molecule has 1 aliphatic carbocycles. The van der Waals surface area contributed by atoms with E-state index in [1.165, 1.54) is 12.8 Å². The van der Waals surface area contributed by atoms with Crippen LogP contribution in [0.2, 0.25) is 0 Å². The highest BCUT2D eigenvalue weighted by atomic mass is 15.1. The van der Waals surface area contributed by atoms with Gasteiger partial charge in [-0.25, -0.2) is 0 Å².